The highest BCUT2D eigenvalue weighted by Crippen LogP contribution is 2.18. The number of pyridine rings is 1. The molecule has 0 aromatic carbocycles. The Labute approximate surface area is 134 Å². The average molecular weight is 317 g/mol. The van der Waals surface area contributed by atoms with Crippen LogP contribution in [0.2, 0.25) is 0 Å². The summed E-state index contributed by atoms with van der Waals surface area (Å²) >= 11 is 0. The van der Waals surface area contributed by atoms with Crippen LogP contribution in [0.15, 0.2) is 29.1 Å². The van der Waals surface area contributed by atoms with E-state index in [1.54, 1.807) is 13.1 Å². The molecular formula is C16H19N3O4. The maximum Gasteiger partial charge on any atom is 0.273 e. The number of oxazole rings is 1. The topological polar surface area (TPSA) is 86.5 Å². The first-order chi connectivity index (χ1) is 11.1. The number of amides is 1. The largest absolute Gasteiger partial charge is 0.484 e. The highest BCUT2D eigenvalue weighted by Gasteiger charge is 2.30. The van der Waals surface area contributed by atoms with Gasteiger partial charge in [-0.1, -0.05) is 0 Å². The summed E-state index contributed by atoms with van der Waals surface area (Å²) in [4.78, 5) is 20.4. The highest BCUT2D eigenvalue weighted by molar-refractivity contribution is 5.93. The van der Waals surface area contributed by atoms with Crippen molar-refractivity contribution >= 4 is 5.91 Å². The maximum atomic E-state index is 12.3. The third-order valence-electron chi connectivity index (χ3n) is 3.75. The summed E-state index contributed by atoms with van der Waals surface area (Å²) < 4.78 is 16.5. The van der Waals surface area contributed by atoms with Gasteiger partial charge >= 0.3 is 0 Å². The molecule has 0 spiro atoms. The molecule has 1 aliphatic rings. The van der Waals surface area contributed by atoms with E-state index >= 15 is 0 Å². The van der Waals surface area contributed by atoms with Crippen LogP contribution in [0.5, 0.6) is 5.75 Å². The molecule has 7 nitrogen and oxygen atoms in total. The van der Waals surface area contributed by atoms with Gasteiger partial charge < -0.3 is 19.2 Å². The molecule has 1 aliphatic heterocycles. The minimum Gasteiger partial charge on any atom is -0.484 e. The number of rotatable bonds is 4. The number of hydrogen-bond acceptors (Lipinski definition) is 6. The lowest BCUT2D eigenvalue weighted by Crippen LogP contribution is -2.51. The van der Waals surface area contributed by atoms with Crippen molar-refractivity contribution in [1.82, 2.24) is 15.3 Å². The fourth-order valence-electron chi connectivity index (χ4n) is 2.45. The molecule has 2 aromatic rings. The van der Waals surface area contributed by atoms with Crippen LogP contribution in [0.25, 0.3) is 0 Å². The second-order valence-electron chi connectivity index (χ2n) is 5.49. The Morgan fingerprint density at radius 3 is 2.91 bits per heavy atom. The first kappa shape index (κ1) is 15.5. The predicted molar refractivity (Wildman–Crippen MR) is 81.3 cm³/mol. The van der Waals surface area contributed by atoms with E-state index in [9.17, 15) is 4.79 Å². The minimum absolute atomic E-state index is 0.159. The maximum absolute atomic E-state index is 12.3. The molecule has 0 bridgehead atoms. The SMILES string of the molecule is Cc1ccc(O[C@@H]2COCC[C@@H]2NC(=O)c2ncoc2C)cn1. The first-order valence-electron chi connectivity index (χ1n) is 7.51. The summed E-state index contributed by atoms with van der Waals surface area (Å²) in [5, 5.41) is 2.96. The summed E-state index contributed by atoms with van der Waals surface area (Å²) in [6.45, 7) is 4.61. The molecule has 1 saturated heterocycles. The second kappa shape index (κ2) is 6.78. The molecule has 23 heavy (non-hydrogen) atoms. The number of nitrogens with one attached hydrogen (secondary N) is 1. The normalized spacial score (nSPS) is 21.0. The number of aryl methyl sites for hydroxylation is 2. The molecule has 3 heterocycles. The number of hydrogen-bond donors (Lipinski definition) is 1. The van der Waals surface area contributed by atoms with E-state index < -0.39 is 0 Å². The van der Waals surface area contributed by atoms with Gasteiger partial charge in [0.25, 0.3) is 5.91 Å². The Kier molecular flexibility index (Phi) is 4.57. The van der Waals surface area contributed by atoms with Crippen molar-refractivity contribution < 1.29 is 18.7 Å². The highest BCUT2D eigenvalue weighted by atomic mass is 16.5. The number of nitrogens with zero attached hydrogens (tertiary/aromatic N) is 2. The molecule has 2 aromatic heterocycles. The number of carbonyl (C=O) groups excluding carboxylic acids is 1. The van der Waals surface area contributed by atoms with E-state index in [1.165, 1.54) is 6.39 Å². The molecule has 1 N–H and O–H groups in total. The van der Waals surface area contributed by atoms with Gasteiger partial charge in [-0.05, 0) is 32.4 Å². The Morgan fingerprint density at radius 2 is 2.22 bits per heavy atom. The van der Waals surface area contributed by atoms with Crippen molar-refractivity contribution in [2.45, 2.75) is 32.4 Å². The van der Waals surface area contributed by atoms with Gasteiger partial charge in [0.15, 0.2) is 12.1 Å². The summed E-state index contributed by atoms with van der Waals surface area (Å²) in [7, 11) is 0. The van der Waals surface area contributed by atoms with Gasteiger partial charge in [0.2, 0.25) is 0 Å². The average Bonchev–Trinajstić information content (AvgIpc) is 2.97. The fourth-order valence-corrected chi connectivity index (χ4v) is 2.45. The van der Waals surface area contributed by atoms with E-state index in [0.29, 0.717) is 36.8 Å². The van der Waals surface area contributed by atoms with Gasteiger partial charge in [0.1, 0.15) is 17.6 Å². The summed E-state index contributed by atoms with van der Waals surface area (Å²) in [6.07, 6.45) is 3.33. The zero-order valence-corrected chi connectivity index (χ0v) is 13.1. The van der Waals surface area contributed by atoms with E-state index in [2.05, 4.69) is 15.3 Å². The zero-order chi connectivity index (χ0) is 16.2. The molecule has 7 heteroatoms. The van der Waals surface area contributed by atoms with Crippen LogP contribution in [-0.2, 0) is 4.74 Å². The smallest absolute Gasteiger partial charge is 0.273 e. The van der Waals surface area contributed by atoms with Crippen LogP contribution in [0.1, 0.15) is 28.4 Å². The quantitative estimate of drug-likeness (QED) is 0.923. The van der Waals surface area contributed by atoms with Crippen molar-refractivity contribution in [2.75, 3.05) is 13.2 Å². The standard InChI is InChI=1S/C16H19N3O4/c1-10-3-4-12(7-17-10)23-14-8-21-6-5-13(14)19-16(20)15-11(2)22-9-18-15/h3-4,7,9,13-14H,5-6,8H2,1-2H3,(H,19,20)/t13-,14+/m0/s1. The van der Waals surface area contributed by atoms with Gasteiger partial charge in [0.05, 0.1) is 18.8 Å². The molecule has 2 atom stereocenters. The van der Waals surface area contributed by atoms with E-state index in [-0.39, 0.29) is 18.1 Å². The molecular weight excluding hydrogens is 298 g/mol. The minimum atomic E-state index is -0.274. The lowest BCUT2D eigenvalue weighted by molar-refractivity contribution is -0.0137. The first-order valence-corrected chi connectivity index (χ1v) is 7.51. The number of carbonyl (C=O) groups is 1. The Bertz CT molecular complexity index is 668. The molecule has 0 aliphatic carbocycles. The third-order valence-corrected chi connectivity index (χ3v) is 3.75. The monoisotopic (exact) mass is 317 g/mol. The molecule has 3 rings (SSSR count). The van der Waals surface area contributed by atoms with Crippen molar-refractivity contribution in [2.24, 2.45) is 0 Å². The van der Waals surface area contributed by atoms with Crippen molar-refractivity contribution in [3.63, 3.8) is 0 Å². The Balaban J connectivity index is 1.67. The lowest BCUT2D eigenvalue weighted by Gasteiger charge is -2.32. The van der Waals surface area contributed by atoms with Gasteiger partial charge in [-0.25, -0.2) is 4.98 Å². The van der Waals surface area contributed by atoms with Crippen molar-refractivity contribution in [1.29, 1.82) is 0 Å². The van der Waals surface area contributed by atoms with Crippen molar-refractivity contribution in [3.05, 3.63) is 41.9 Å². The lowest BCUT2D eigenvalue weighted by atomic mass is 10.1. The zero-order valence-electron chi connectivity index (χ0n) is 13.1. The number of aromatic nitrogens is 2. The van der Waals surface area contributed by atoms with Gasteiger partial charge in [0, 0.05) is 12.3 Å². The van der Waals surface area contributed by atoms with Crippen LogP contribution >= 0.6 is 0 Å². The number of ether oxygens (including phenoxy) is 2. The van der Waals surface area contributed by atoms with E-state index in [4.69, 9.17) is 13.9 Å². The van der Waals surface area contributed by atoms with Crippen LogP contribution in [0.4, 0.5) is 0 Å². The molecule has 0 unspecified atom stereocenters. The Morgan fingerprint density at radius 1 is 1.35 bits per heavy atom. The summed E-state index contributed by atoms with van der Waals surface area (Å²) in [6, 6.07) is 3.58. The van der Waals surface area contributed by atoms with Crippen LogP contribution < -0.4 is 10.1 Å². The van der Waals surface area contributed by atoms with Crippen LogP contribution in [-0.4, -0.2) is 41.2 Å². The molecule has 0 saturated carbocycles. The molecule has 122 valence electrons. The summed E-state index contributed by atoms with van der Waals surface area (Å²) in [5.74, 6) is 0.886. The van der Waals surface area contributed by atoms with Gasteiger partial charge in [-0.3, -0.25) is 9.78 Å². The summed E-state index contributed by atoms with van der Waals surface area (Å²) in [5.41, 5.74) is 1.22. The molecule has 1 amide bonds. The fraction of sp³-hybridized carbons (Fsp3) is 0.438. The predicted octanol–water partition coefficient (Wildman–Crippen LogP) is 1.65. The van der Waals surface area contributed by atoms with Crippen LogP contribution in [0, 0.1) is 13.8 Å². The van der Waals surface area contributed by atoms with E-state index in [0.717, 1.165) is 5.69 Å². The van der Waals surface area contributed by atoms with Gasteiger partial charge in [-0.2, -0.15) is 0 Å². The second-order valence-corrected chi connectivity index (χ2v) is 5.49. The van der Waals surface area contributed by atoms with Gasteiger partial charge in [-0.15, -0.1) is 0 Å². The molecule has 1 fully saturated rings. The van der Waals surface area contributed by atoms with Crippen molar-refractivity contribution in [3.8, 4) is 5.75 Å². The Hall–Kier alpha value is -2.41. The van der Waals surface area contributed by atoms with Crippen LogP contribution in [0.3, 0.4) is 0 Å². The molecule has 0 radical (unpaired) electrons. The third kappa shape index (κ3) is 3.68. The van der Waals surface area contributed by atoms with E-state index in [1.807, 2.05) is 19.1 Å².